The van der Waals surface area contributed by atoms with Crippen molar-refractivity contribution in [2.24, 2.45) is 0 Å². The zero-order chi connectivity index (χ0) is 23.5. The number of carbonyl (C=O) groups is 1. The van der Waals surface area contributed by atoms with Crippen molar-refractivity contribution in [1.82, 2.24) is 8.87 Å². The second kappa shape index (κ2) is 9.02. The minimum Gasteiger partial charge on any atom is -0.475 e. The lowest BCUT2D eigenvalue weighted by molar-refractivity contribution is -0.192. The molecule has 3 aromatic rings. The number of nitrogens with zero attached hydrogens (tertiary/aromatic N) is 3. The number of nitriles is 1. The van der Waals surface area contributed by atoms with Crippen LogP contribution in [0.4, 0.5) is 13.2 Å². The van der Waals surface area contributed by atoms with E-state index in [1.165, 1.54) is 22.5 Å². The fourth-order valence-corrected chi connectivity index (χ4v) is 4.57. The van der Waals surface area contributed by atoms with Crippen LogP contribution >= 0.6 is 0 Å². The molecule has 0 saturated carbocycles. The van der Waals surface area contributed by atoms with Crippen molar-refractivity contribution >= 4 is 26.9 Å². The second-order valence-electron chi connectivity index (χ2n) is 7.04. The van der Waals surface area contributed by atoms with Crippen LogP contribution in [0, 0.1) is 11.3 Å². The van der Waals surface area contributed by atoms with Crippen LogP contribution in [0.3, 0.4) is 0 Å². The summed E-state index contributed by atoms with van der Waals surface area (Å²) in [6, 6.07) is 15.7. The summed E-state index contributed by atoms with van der Waals surface area (Å²) in [7, 11) is -3.74. The molecule has 2 aromatic carbocycles. The summed E-state index contributed by atoms with van der Waals surface area (Å²) in [6.45, 7) is 3.03. The summed E-state index contributed by atoms with van der Waals surface area (Å²) in [5.74, 6) is -2.76. The summed E-state index contributed by atoms with van der Waals surface area (Å²) in [4.78, 5) is 11.4. The summed E-state index contributed by atoms with van der Waals surface area (Å²) in [5.41, 5.74) is 2.13. The van der Waals surface area contributed by atoms with Gasteiger partial charge in [-0.25, -0.2) is 17.2 Å². The van der Waals surface area contributed by atoms with Crippen molar-refractivity contribution < 1.29 is 31.5 Å². The molecule has 0 spiro atoms. The largest absolute Gasteiger partial charge is 0.490 e. The van der Waals surface area contributed by atoms with E-state index in [9.17, 15) is 21.6 Å². The SMILES string of the molecule is N#Cc1cccc(S(=O)(=O)n2ccc3c(CN4CCC4)cccc32)c1.O=C(O)C(F)(F)F. The summed E-state index contributed by atoms with van der Waals surface area (Å²) in [5, 5.41) is 17.1. The molecule has 2 heterocycles. The van der Waals surface area contributed by atoms with Gasteiger partial charge in [-0.3, -0.25) is 4.90 Å². The number of hydrogen-bond donors (Lipinski definition) is 1. The Labute approximate surface area is 182 Å². The number of hydrogen-bond acceptors (Lipinski definition) is 5. The molecule has 0 atom stereocenters. The van der Waals surface area contributed by atoms with Gasteiger partial charge in [0.2, 0.25) is 0 Å². The minimum atomic E-state index is -5.08. The Hall–Kier alpha value is -3.36. The molecule has 4 rings (SSSR count). The van der Waals surface area contributed by atoms with E-state index in [4.69, 9.17) is 15.2 Å². The third-order valence-corrected chi connectivity index (χ3v) is 6.58. The Bertz CT molecular complexity index is 1290. The third kappa shape index (κ3) is 4.92. The molecule has 1 N–H and O–H groups in total. The van der Waals surface area contributed by atoms with Crippen molar-refractivity contribution in [2.45, 2.75) is 24.0 Å². The maximum absolute atomic E-state index is 13.0. The average Bonchev–Trinajstić information content (AvgIpc) is 3.16. The number of alkyl halides is 3. The Morgan fingerprint density at radius 2 is 1.78 bits per heavy atom. The van der Waals surface area contributed by atoms with Gasteiger partial charge in [0.25, 0.3) is 10.0 Å². The van der Waals surface area contributed by atoms with Crippen molar-refractivity contribution in [3.63, 3.8) is 0 Å². The van der Waals surface area contributed by atoms with Crippen LogP contribution in [0.25, 0.3) is 10.9 Å². The number of fused-ring (bicyclic) bond motifs is 1. The Kier molecular flexibility index (Phi) is 6.57. The highest BCUT2D eigenvalue weighted by Crippen LogP contribution is 2.27. The van der Waals surface area contributed by atoms with Gasteiger partial charge in [-0.15, -0.1) is 0 Å². The molecule has 0 bridgehead atoms. The first-order chi connectivity index (χ1) is 15.0. The molecular weight excluding hydrogens is 447 g/mol. The molecule has 168 valence electrons. The monoisotopic (exact) mass is 465 g/mol. The molecule has 0 unspecified atom stereocenters. The first-order valence-corrected chi connectivity index (χ1v) is 10.8. The highest BCUT2D eigenvalue weighted by atomic mass is 32.2. The van der Waals surface area contributed by atoms with E-state index in [2.05, 4.69) is 4.90 Å². The highest BCUT2D eigenvalue weighted by molar-refractivity contribution is 7.90. The quantitative estimate of drug-likeness (QED) is 0.632. The summed E-state index contributed by atoms with van der Waals surface area (Å²) in [6.07, 6.45) is -2.26. The molecular formula is C21H18F3N3O4S. The van der Waals surface area contributed by atoms with E-state index in [1.807, 2.05) is 30.3 Å². The van der Waals surface area contributed by atoms with Gasteiger partial charge in [0.05, 0.1) is 22.0 Å². The van der Waals surface area contributed by atoms with Crippen molar-refractivity contribution in [3.05, 3.63) is 65.9 Å². The van der Waals surface area contributed by atoms with Gasteiger partial charge in [-0.05, 0) is 55.4 Å². The number of benzene rings is 2. The van der Waals surface area contributed by atoms with Crippen molar-refractivity contribution in [2.75, 3.05) is 13.1 Å². The van der Waals surface area contributed by atoms with Crippen molar-refractivity contribution in [1.29, 1.82) is 5.26 Å². The molecule has 0 aliphatic carbocycles. The molecule has 32 heavy (non-hydrogen) atoms. The predicted molar refractivity (Wildman–Crippen MR) is 109 cm³/mol. The van der Waals surface area contributed by atoms with E-state index in [-0.39, 0.29) is 4.90 Å². The van der Waals surface area contributed by atoms with Gasteiger partial charge >= 0.3 is 12.1 Å². The number of likely N-dealkylation sites (tertiary alicyclic amines) is 1. The fourth-order valence-electron chi connectivity index (χ4n) is 3.17. The van der Waals surface area contributed by atoms with Crippen LogP contribution in [-0.4, -0.2) is 47.6 Å². The second-order valence-corrected chi connectivity index (χ2v) is 8.85. The number of rotatable bonds is 4. The van der Waals surface area contributed by atoms with Crippen molar-refractivity contribution in [3.8, 4) is 6.07 Å². The Balaban J connectivity index is 0.000000360. The van der Waals surface area contributed by atoms with Gasteiger partial charge in [0.1, 0.15) is 0 Å². The molecule has 1 aromatic heterocycles. The number of carboxylic acid groups (broad SMARTS) is 1. The molecule has 7 nitrogen and oxygen atoms in total. The number of halogens is 3. The third-order valence-electron chi connectivity index (χ3n) is 4.89. The zero-order valence-electron chi connectivity index (χ0n) is 16.6. The summed E-state index contributed by atoms with van der Waals surface area (Å²) >= 11 is 0. The number of carboxylic acids is 1. The van der Waals surface area contributed by atoms with Crippen LogP contribution < -0.4 is 0 Å². The molecule has 1 fully saturated rings. The van der Waals surface area contributed by atoms with Crippen LogP contribution in [0.15, 0.2) is 59.6 Å². The van der Waals surface area contributed by atoms with E-state index in [1.54, 1.807) is 18.3 Å². The maximum atomic E-state index is 13.0. The van der Waals surface area contributed by atoms with Gasteiger partial charge < -0.3 is 5.11 Å². The van der Waals surface area contributed by atoms with Gasteiger partial charge in [0, 0.05) is 18.1 Å². The van der Waals surface area contributed by atoms with E-state index in [0.29, 0.717) is 11.1 Å². The lowest BCUT2D eigenvalue weighted by atomic mass is 10.1. The van der Waals surface area contributed by atoms with Gasteiger partial charge in [-0.1, -0.05) is 18.2 Å². The van der Waals surface area contributed by atoms with Gasteiger partial charge in [-0.2, -0.15) is 18.4 Å². The number of aliphatic carboxylic acids is 1. The topological polar surface area (TPSA) is 103 Å². The molecule has 1 aliphatic rings. The Morgan fingerprint density at radius 1 is 1.12 bits per heavy atom. The first kappa shape index (κ1) is 23.3. The molecule has 0 radical (unpaired) electrons. The maximum Gasteiger partial charge on any atom is 0.490 e. The Morgan fingerprint density at radius 3 is 2.34 bits per heavy atom. The lowest BCUT2D eigenvalue weighted by Gasteiger charge is -2.30. The predicted octanol–water partition coefficient (Wildman–Crippen LogP) is 3.59. The van der Waals surface area contributed by atoms with E-state index >= 15 is 0 Å². The van der Waals surface area contributed by atoms with E-state index < -0.39 is 22.2 Å². The molecule has 11 heteroatoms. The normalized spacial score (nSPS) is 14.2. The van der Waals surface area contributed by atoms with Crippen LogP contribution in [-0.2, 0) is 21.4 Å². The molecule has 0 amide bonds. The van der Waals surface area contributed by atoms with E-state index in [0.717, 1.165) is 30.6 Å². The first-order valence-electron chi connectivity index (χ1n) is 9.41. The highest BCUT2D eigenvalue weighted by Gasteiger charge is 2.38. The standard InChI is InChI=1S/C19H17N3O2S.C2HF3O2/c20-13-15-4-1-6-17(12-15)25(23,24)22-11-8-18-16(5-2-7-19(18)22)14-21-9-3-10-21;3-2(4,5)1(6)7/h1-2,4-8,11-12H,3,9-10,14H2;(H,6,7). The fraction of sp³-hybridized carbons (Fsp3) is 0.238. The smallest absolute Gasteiger partial charge is 0.475 e. The van der Waals surface area contributed by atoms with Gasteiger partial charge in [0.15, 0.2) is 0 Å². The summed E-state index contributed by atoms with van der Waals surface area (Å²) < 4.78 is 59.1. The van der Waals surface area contributed by atoms with Crippen LogP contribution in [0.2, 0.25) is 0 Å². The van der Waals surface area contributed by atoms with Crippen LogP contribution in [0.5, 0.6) is 0 Å². The molecule has 1 saturated heterocycles. The minimum absolute atomic E-state index is 0.122. The zero-order valence-corrected chi connectivity index (χ0v) is 17.4. The average molecular weight is 465 g/mol. The van der Waals surface area contributed by atoms with Crippen LogP contribution in [0.1, 0.15) is 17.5 Å². The molecule has 1 aliphatic heterocycles. The number of aromatic nitrogens is 1. The lowest BCUT2D eigenvalue weighted by Crippen LogP contribution is -2.36.